The molecule has 2 aliphatic rings. The molecule has 1 atom stereocenters. The van der Waals surface area contributed by atoms with Crippen LogP contribution < -0.4 is 15.0 Å². The summed E-state index contributed by atoms with van der Waals surface area (Å²) in [6, 6.07) is 11.5. The first-order valence-corrected chi connectivity index (χ1v) is 10.6. The van der Waals surface area contributed by atoms with Gasteiger partial charge in [-0.2, -0.15) is 0 Å². The van der Waals surface area contributed by atoms with Crippen molar-refractivity contribution >= 4 is 17.6 Å². The highest BCUT2D eigenvalue weighted by Crippen LogP contribution is 2.35. The Labute approximate surface area is 177 Å². The molecule has 7 heteroatoms. The van der Waals surface area contributed by atoms with E-state index in [0.717, 1.165) is 23.4 Å². The Hall–Kier alpha value is -3.09. The first-order chi connectivity index (χ1) is 14.7. The van der Waals surface area contributed by atoms with Crippen LogP contribution in [0.5, 0.6) is 5.75 Å². The minimum absolute atomic E-state index is 0.000330. The quantitative estimate of drug-likeness (QED) is 0.843. The molecule has 0 aliphatic carbocycles. The van der Waals surface area contributed by atoms with Crippen LogP contribution in [0.15, 0.2) is 48.8 Å². The second kappa shape index (κ2) is 9.15. The van der Waals surface area contributed by atoms with E-state index in [1.165, 1.54) is 0 Å². The lowest BCUT2D eigenvalue weighted by Gasteiger charge is -2.39. The maximum Gasteiger partial charge on any atom is 0.324 e. The SMILES string of the molecule is CC[C@H]1CN(C(=O)N2CCC(C(=O)NCc3cccnc3)CC2)c2ccccc2O1. The smallest absolute Gasteiger partial charge is 0.324 e. The number of aromatic nitrogens is 1. The van der Waals surface area contributed by atoms with Gasteiger partial charge in [0.15, 0.2) is 0 Å². The van der Waals surface area contributed by atoms with E-state index in [-0.39, 0.29) is 24.0 Å². The normalized spacial score (nSPS) is 19.0. The third kappa shape index (κ3) is 4.40. The Balaban J connectivity index is 1.34. The molecule has 0 spiro atoms. The summed E-state index contributed by atoms with van der Waals surface area (Å²) in [7, 11) is 0. The van der Waals surface area contributed by atoms with Crippen LogP contribution in [0.2, 0.25) is 0 Å². The van der Waals surface area contributed by atoms with Crippen molar-refractivity contribution in [3.05, 3.63) is 54.4 Å². The van der Waals surface area contributed by atoms with Crippen molar-refractivity contribution in [3.8, 4) is 5.75 Å². The van der Waals surface area contributed by atoms with E-state index in [1.807, 2.05) is 46.2 Å². The summed E-state index contributed by atoms with van der Waals surface area (Å²) >= 11 is 0. The molecule has 2 aromatic rings. The fourth-order valence-electron chi connectivity index (χ4n) is 4.03. The Morgan fingerprint density at radius 2 is 1.97 bits per heavy atom. The minimum atomic E-state index is -0.0638. The molecule has 4 rings (SSSR count). The highest BCUT2D eigenvalue weighted by Gasteiger charge is 2.34. The Kier molecular flexibility index (Phi) is 6.16. The number of rotatable bonds is 4. The Morgan fingerprint density at radius 1 is 1.17 bits per heavy atom. The molecule has 3 amide bonds. The highest BCUT2D eigenvalue weighted by atomic mass is 16.5. The van der Waals surface area contributed by atoms with Crippen LogP contribution in [-0.4, -0.2) is 47.6 Å². The van der Waals surface area contributed by atoms with Crippen molar-refractivity contribution in [2.45, 2.75) is 38.8 Å². The fourth-order valence-corrected chi connectivity index (χ4v) is 4.03. The van der Waals surface area contributed by atoms with Gasteiger partial charge in [-0.25, -0.2) is 4.79 Å². The van der Waals surface area contributed by atoms with Crippen molar-refractivity contribution in [1.29, 1.82) is 0 Å². The van der Waals surface area contributed by atoms with Gasteiger partial charge >= 0.3 is 6.03 Å². The van der Waals surface area contributed by atoms with Crippen molar-refractivity contribution in [2.24, 2.45) is 5.92 Å². The molecule has 1 aromatic heterocycles. The lowest BCUT2D eigenvalue weighted by molar-refractivity contribution is -0.126. The second-order valence-electron chi connectivity index (χ2n) is 7.85. The third-order valence-corrected chi connectivity index (χ3v) is 5.85. The first-order valence-electron chi connectivity index (χ1n) is 10.6. The lowest BCUT2D eigenvalue weighted by atomic mass is 9.96. The number of fused-ring (bicyclic) bond motifs is 1. The largest absolute Gasteiger partial charge is 0.486 e. The van der Waals surface area contributed by atoms with Crippen LogP contribution in [0.4, 0.5) is 10.5 Å². The predicted molar refractivity (Wildman–Crippen MR) is 114 cm³/mol. The van der Waals surface area contributed by atoms with E-state index in [9.17, 15) is 9.59 Å². The standard InChI is InChI=1S/C23H28N4O3/c1-2-19-16-27(20-7-3-4-8-21(20)30-19)23(29)26-12-9-18(10-13-26)22(28)25-15-17-6-5-11-24-14-17/h3-8,11,14,18-19H,2,9-10,12-13,15-16H2,1H3,(H,25,28)/t19-/m0/s1. The van der Waals surface area contributed by atoms with Crippen molar-refractivity contribution < 1.29 is 14.3 Å². The molecule has 0 saturated carbocycles. The summed E-state index contributed by atoms with van der Waals surface area (Å²) in [4.78, 5) is 33.5. The molecular formula is C23H28N4O3. The number of urea groups is 1. The molecule has 1 fully saturated rings. The number of likely N-dealkylation sites (tertiary alicyclic amines) is 1. The zero-order chi connectivity index (χ0) is 20.9. The number of benzene rings is 1. The number of carbonyl (C=O) groups is 2. The number of pyridine rings is 1. The number of carbonyl (C=O) groups excluding carboxylic acids is 2. The van der Waals surface area contributed by atoms with Crippen LogP contribution in [0, 0.1) is 5.92 Å². The Morgan fingerprint density at radius 3 is 2.70 bits per heavy atom. The van der Waals surface area contributed by atoms with Crippen LogP contribution >= 0.6 is 0 Å². The van der Waals surface area contributed by atoms with Crippen LogP contribution in [-0.2, 0) is 11.3 Å². The van der Waals surface area contributed by atoms with Gasteiger partial charge in [0.1, 0.15) is 11.9 Å². The van der Waals surface area contributed by atoms with Crippen molar-refractivity contribution in [1.82, 2.24) is 15.2 Å². The van der Waals surface area contributed by atoms with E-state index in [1.54, 1.807) is 12.4 Å². The minimum Gasteiger partial charge on any atom is -0.486 e. The van der Waals surface area contributed by atoms with Gasteiger partial charge in [0.2, 0.25) is 5.91 Å². The van der Waals surface area contributed by atoms with E-state index in [0.29, 0.717) is 39.0 Å². The molecule has 0 bridgehead atoms. The number of hydrogen-bond acceptors (Lipinski definition) is 4. The maximum absolute atomic E-state index is 13.3. The van der Waals surface area contributed by atoms with E-state index < -0.39 is 0 Å². The van der Waals surface area contributed by atoms with Gasteiger partial charge in [-0.3, -0.25) is 14.7 Å². The lowest BCUT2D eigenvalue weighted by Crippen LogP contribution is -2.52. The molecule has 30 heavy (non-hydrogen) atoms. The second-order valence-corrected chi connectivity index (χ2v) is 7.85. The topological polar surface area (TPSA) is 74.8 Å². The van der Waals surface area contributed by atoms with Gasteiger partial charge in [-0.05, 0) is 43.0 Å². The van der Waals surface area contributed by atoms with Crippen LogP contribution in [0.25, 0.3) is 0 Å². The summed E-state index contributed by atoms with van der Waals surface area (Å²) in [6.07, 6.45) is 5.66. The van der Waals surface area contributed by atoms with Gasteiger partial charge in [-0.15, -0.1) is 0 Å². The monoisotopic (exact) mass is 408 g/mol. The number of para-hydroxylation sites is 2. The fraction of sp³-hybridized carbons (Fsp3) is 0.435. The average Bonchev–Trinajstić information content (AvgIpc) is 2.82. The number of ether oxygens (including phenoxy) is 1. The number of amides is 3. The number of nitrogens with zero attached hydrogens (tertiary/aromatic N) is 3. The van der Waals surface area contributed by atoms with Gasteiger partial charge in [-0.1, -0.05) is 25.1 Å². The maximum atomic E-state index is 13.3. The summed E-state index contributed by atoms with van der Waals surface area (Å²) in [5, 5.41) is 2.99. The predicted octanol–water partition coefficient (Wildman–Crippen LogP) is 3.21. The van der Waals surface area contributed by atoms with Gasteiger partial charge < -0.3 is 15.0 Å². The van der Waals surface area contributed by atoms with E-state index in [4.69, 9.17) is 4.74 Å². The highest BCUT2D eigenvalue weighted by molar-refractivity contribution is 5.94. The molecule has 1 aromatic carbocycles. The molecule has 3 heterocycles. The third-order valence-electron chi connectivity index (χ3n) is 5.85. The zero-order valence-electron chi connectivity index (χ0n) is 17.3. The van der Waals surface area contributed by atoms with E-state index >= 15 is 0 Å². The number of hydrogen-bond donors (Lipinski definition) is 1. The molecule has 1 saturated heterocycles. The van der Waals surface area contributed by atoms with Gasteiger partial charge in [0, 0.05) is 37.9 Å². The molecule has 1 N–H and O–H groups in total. The summed E-state index contributed by atoms with van der Waals surface area (Å²) in [6.45, 7) is 4.27. The molecule has 0 radical (unpaired) electrons. The molecule has 2 aliphatic heterocycles. The zero-order valence-corrected chi connectivity index (χ0v) is 17.3. The summed E-state index contributed by atoms with van der Waals surface area (Å²) < 4.78 is 5.99. The summed E-state index contributed by atoms with van der Waals surface area (Å²) in [5.41, 5.74) is 1.80. The van der Waals surface area contributed by atoms with Crippen molar-refractivity contribution in [3.63, 3.8) is 0 Å². The van der Waals surface area contributed by atoms with E-state index in [2.05, 4.69) is 17.2 Å². The molecular weight excluding hydrogens is 380 g/mol. The summed E-state index contributed by atoms with van der Waals surface area (Å²) in [5.74, 6) is 0.744. The van der Waals surface area contributed by atoms with Crippen LogP contribution in [0.3, 0.4) is 0 Å². The number of nitrogens with one attached hydrogen (secondary N) is 1. The van der Waals surface area contributed by atoms with Crippen LogP contribution in [0.1, 0.15) is 31.7 Å². The first kappa shape index (κ1) is 20.2. The average molecular weight is 409 g/mol. The molecule has 0 unspecified atom stereocenters. The Bertz CT molecular complexity index is 881. The van der Waals surface area contributed by atoms with Gasteiger partial charge in [0.25, 0.3) is 0 Å². The molecule has 158 valence electrons. The number of anilines is 1. The number of piperidine rings is 1. The molecule has 7 nitrogen and oxygen atoms in total. The van der Waals surface area contributed by atoms with Crippen molar-refractivity contribution in [2.75, 3.05) is 24.5 Å². The van der Waals surface area contributed by atoms with Gasteiger partial charge in [0.05, 0.1) is 12.2 Å².